The van der Waals surface area contributed by atoms with Gasteiger partial charge in [0.1, 0.15) is 6.10 Å². The highest BCUT2D eigenvalue weighted by Gasteiger charge is 2.31. The third kappa shape index (κ3) is 4.43. The lowest BCUT2D eigenvalue weighted by molar-refractivity contribution is -0.136. The van der Waals surface area contributed by atoms with Crippen LogP contribution in [0.2, 0.25) is 5.02 Å². The van der Waals surface area contributed by atoms with E-state index in [0.29, 0.717) is 18.1 Å². The Morgan fingerprint density at radius 2 is 2.06 bits per heavy atom. The first-order valence-corrected chi connectivity index (χ1v) is 6.61. The fourth-order valence-corrected chi connectivity index (χ4v) is 2.15. The first kappa shape index (κ1) is 15.2. The standard InChI is InChI=1S/C15H21ClO2/c1-5-18-14(15(2,3)4)13(17)10-11-7-6-8-12(16)9-11/h6-9,14H,5,10H2,1-4H3. The molecule has 0 fully saturated rings. The number of ketones is 1. The molecule has 0 saturated heterocycles. The van der Waals surface area contributed by atoms with Crippen LogP contribution in [0.5, 0.6) is 0 Å². The molecule has 3 heteroatoms. The molecule has 0 heterocycles. The molecule has 100 valence electrons. The minimum Gasteiger partial charge on any atom is -0.370 e. The summed E-state index contributed by atoms with van der Waals surface area (Å²) in [5, 5.41) is 0.656. The Morgan fingerprint density at radius 3 is 2.56 bits per heavy atom. The molecule has 0 bridgehead atoms. The number of hydrogen-bond donors (Lipinski definition) is 0. The van der Waals surface area contributed by atoms with E-state index in [2.05, 4.69) is 0 Å². The predicted molar refractivity (Wildman–Crippen MR) is 75.0 cm³/mol. The van der Waals surface area contributed by atoms with Crippen molar-refractivity contribution in [3.63, 3.8) is 0 Å². The number of carbonyl (C=O) groups is 1. The molecule has 0 radical (unpaired) electrons. The molecule has 2 nitrogen and oxygen atoms in total. The summed E-state index contributed by atoms with van der Waals surface area (Å²) in [6.07, 6.45) is -0.0100. The summed E-state index contributed by atoms with van der Waals surface area (Å²) in [5.74, 6) is 0.103. The normalized spacial score (nSPS) is 13.4. The van der Waals surface area contributed by atoms with Crippen LogP contribution in [0.4, 0.5) is 0 Å². The van der Waals surface area contributed by atoms with Gasteiger partial charge in [0, 0.05) is 18.1 Å². The van der Waals surface area contributed by atoms with E-state index in [1.54, 1.807) is 6.07 Å². The van der Waals surface area contributed by atoms with Crippen molar-refractivity contribution in [2.75, 3.05) is 6.61 Å². The van der Waals surface area contributed by atoms with Crippen molar-refractivity contribution in [1.29, 1.82) is 0 Å². The molecule has 0 N–H and O–H groups in total. The van der Waals surface area contributed by atoms with Crippen molar-refractivity contribution in [3.8, 4) is 0 Å². The Bertz CT molecular complexity index is 407. The Balaban J connectivity index is 2.79. The molecule has 0 aromatic heterocycles. The van der Waals surface area contributed by atoms with Crippen molar-refractivity contribution in [2.24, 2.45) is 5.41 Å². The van der Waals surface area contributed by atoms with Crippen LogP contribution in [0.15, 0.2) is 24.3 Å². The van der Waals surface area contributed by atoms with E-state index in [-0.39, 0.29) is 17.3 Å². The van der Waals surface area contributed by atoms with Crippen LogP contribution < -0.4 is 0 Å². The van der Waals surface area contributed by atoms with E-state index in [1.807, 2.05) is 45.9 Å². The van der Waals surface area contributed by atoms with Crippen molar-refractivity contribution < 1.29 is 9.53 Å². The average Bonchev–Trinajstić information content (AvgIpc) is 2.24. The number of rotatable bonds is 5. The summed E-state index contributed by atoms with van der Waals surface area (Å²) in [6, 6.07) is 7.40. The summed E-state index contributed by atoms with van der Waals surface area (Å²) < 4.78 is 5.59. The van der Waals surface area contributed by atoms with E-state index in [4.69, 9.17) is 16.3 Å². The van der Waals surface area contributed by atoms with Gasteiger partial charge in [0.05, 0.1) is 0 Å². The van der Waals surface area contributed by atoms with Crippen LogP contribution >= 0.6 is 11.6 Å². The highest BCUT2D eigenvalue weighted by Crippen LogP contribution is 2.24. The molecule has 1 atom stereocenters. The lowest BCUT2D eigenvalue weighted by Crippen LogP contribution is -2.38. The molecule has 0 aliphatic heterocycles. The second kappa shape index (κ2) is 6.35. The summed E-state index contributed by atoms with van der Waals surface area (Å²) in [6.45, 7) is 8.50. The van der Waals surface area contributed by atoms with Crippen LogP contribution in [0.3, 0.4) is 0 Å². The SMILES string of the molecule is CCOC(C(=O)Cc1cccc(Cl)c1)C(C)(C)C. The van der Waals surface area contributed by atoms with Crippen LogP contribution in [0.1, 0.15) is 33.3 Å². The molecule has 1 unspecified atom stereocenters. The van der Waals surface area contributed by atoms with Crippen molar-refractivity contribution in [2.45, 2.75) is 40.2 Å². The smallest absolute Gasteiger partial charge is 0.166 e. The largest absolute Gasteiger partial charge is 0.370 e. The van der Waals surface area contributed by atoms with E-state index >= 15 is 0 Å². The first-order chi connectivity index (χ1) is 8.34. The molecule has 1 rings (SSSR count). The molecule has 0 saturated carbocycles. The number of ether oxygens (including phenoxy) is 1. The third-order valence-corrected chi connectivity index (χ3v) is 2.91. The van der Waals surface area contributed by atoms with E-state index in [0.717, 1.165) is 5.56 Å². The summed E-state index contributed by atoms with van der Waals surface area (Å²) in [4.78, 5) is 12.3. The van der Waals surface area contributed by atoms with Gasteiger partial charge in [-0.2, -0.15) is 0 Å². The maximum absolute atomic E-state index is 12.3. The van der Waals surface area contributed by atoms with E-state index in [9.17, 15) is 4.79 Å². The Hall–Kier alpha value is -0.860. The second-order valence-electron chi connectivity index (χ2n) is 5.47. The van der Waals surface area contributed by atoms with Gasteiger partial charge in [-0.1, -0.05) is 44.5 Å². The Labute approximate surface area is 114 Å². The van der Waals surface area contributed by atoms with Crippen LogP contribution in [-0.4, -0.2) is 18.5 Å². The number of Topliss-reactive ketones (excluding diaryl/α,β-unsaturated/α-hetero) is 1. The monoisotopic (exact) mass is 268 g/mol. The summed E-state index contributed by atoms with van der Waals surface area (Å²) in [5.41, 5.74) is 0.743. The third-order valence-electron chi connectivity index (χ3n) is 2.68. The fourth-order valence-electron chi connectivity index (χ4n) is 1.93. The molecule has 0 aliphatic rings. The topological polar surface area (TPSA) is 26.3 Å². The van der Waals surface area contributed by atoms with Gasteiger partial charge in [-0.3, -0.25) is 4.79 Å². The van der Waals surface area contributed by atoms with Gasteiger partial charge in [0.15, 0.2) is 5.78 Å². The van der Waals surface area contributed by atoms with Crippen molar-refractivity contribution >= 4 is 17.4 Å². The molecule has 0 amide bonds. The fraction of sp³-hybridized carbons (Fsp3) is 0.533. The highest BCUT2D eigenvalue weighted by molar-refractivity contribution is 6.30. The van der Waals surface area contributed by atoms with Gasteiger partial charge in [-0.05, 0) is 30.0 Å². The number of hydrogen-bond acceptors (Lipinski definition) is 2. The minimum atomic E-state index is -0.374. The zero-order valence-corrected chi connectivity index (χ0v) is 12.3. The van der Waals surface area contributed by atoms with Crippen molar-refractivity contribution in [1.82, 2.24) is 0 Å². The van der Waals surface area contributed by atoms with Crippen LogP contribution in [0, 0.1) is 5.41 Å². The quantitative estimate of drug-likeness (QED) is 0.810. The Kier molecular flexibility index (Phi) is 5.36. The molecule has 0 aliphatic carbocycles. The lowest BCUT2D eigenvalue weighted by atomic mass is 9.84. The number of benzene rings is 1. The molecular weight excluding hydrogens is 248 g/mol. The van der Waals surface area contributed by atoms with Gasteiger partial charge < -0.3 is 4.74 Å². The zero-order valence-electron chi connectivity index (χ0n) is 11.5. The van der Waals surface area contributed by atoms with Gasteiger partial charge in [0.25, 0.3) is 0 Å². The number of carbonyl (C=O) groups excluding carboxylic acids is 1. The zero-order chi connectivity index (χ0) is 13.8. The van der Waals surface area contributed by atoms with Gasteiger partial charge in [-0.15, -0.1) is 0 Å². The van der Waals surface area contributed by atoms with Crippen molar-refractivity contribution in [3.05, 3.63) is 34.9 Å². The predicted octanol–water partition coefficient (Wildman–Crippen LogP) is 3.90. The lowest BCUT2D eigenvalue weighted by Gasteiger charge is -2.29. The molecule has 1 aromatic rings. The molecular formula is C15H21ClO2. The van der Waals surface area contributed by atoms with Gasteiger partial charge >= 0.3 is 0 Å². The van der Waals surface area contributed by atoms with E-state index < -0.39 is 0 Å². The molecule has 0 spiro atoms. The summed E-state index contributed by atoms with van der Waals surface area (Å²) >= 11 is 5.92. The Morgan fingerprint density at radius 1 is 1.39 bits per heavy atom. The maximum Gasteiger partial charge on any atom is 0.166 e. The highest BCUT2D eigenvalue weighted by atomic mass is 35.5. The first-order valence-electron chi connectivity index (χ1n) is 6.23. The van der Waals surface area contributed by atoms with Crippen LogP contribution in [-0.2, 0) is 16.0 Å². The van der Waals surface area contributed by atoms with Crippen LogP contribution in [0.25, 0.3) is 0 Å². The number of halogens is 1. The average molecular weight is 269 g/mol. The van der Waals surface area contributed by atoms with E-state index in [1.165, 1.54) is 0 Å². The molecule has 18 heavy (non-hydrogen) atoms. The summed E-state index contributed by atoms with van der Waals surface area (Å²) in [7, 11) is 0. The van der Waals surface area contributed by atoms with Gasteiger partial charge in [0.2, 0.25) is 0 Å². The second-order valence-corrected chi connectivity index (χ2v) is 5.91. The minimum absolute atomic E-state index is 0.103. The maximum atomic E-state index is 12.3. The van der Waals surface area contributed by atoms with Gasteiger partial charge in [-0.25, -0.2) is 0 Å². The molecule has 1 aromatic carbocycles.